The molecule has 2 aromatic heterocycles. The summed E-state index contributed by atoms with van der Waals surface area (Å²) in [5.41, 5.74) is 0.206. The predicted molar refractivity (Wildman–Crippen MR) is 114 cm³/mol. The molecule has 33 heavy (non-hydrogen) atoms. The Labute approximate surface area is 186 Å². The number of aromatic nitrogens is 3. The normalized spacial score (nSPS) is 22.5. The van der Waals surface area contributed by atoms with Crippen LogP contribution in [0, 0.1) is 12.8 Å². The van der Waals surface area contributed by atoms with E-state index in [-0.39, 0.29) is 5.41 Å². The molecule has 3 aromatic rings. The van der Waals surface area contributed by atoms with Crippen molar-refractivity contribution in [1.82, 2.24) is 19.6 Å². The number of aryl methyl sites for hydroxylation is 2. The number of benzene rings is 1. The van der Waals surface area contributed by atoms with Crippen molar-refractivity contribution in [3.8, 4) is 11.1 Å². The van der Waals surface area contributed by atoms with Gasteiger partial charge in [0.15, 0.2) is 0 Å². The van der Waals surface area contributed by atoms with Crippen LogP contribution in [0.4, 0.5) is 13.2 Å². The molecule has 3 heterocycles. The Kier molecular flexibility index (Phi) is 5.08. The number of halogens is 3. The molecule has 1 saturated heterocycles. The summed E-state index contributed by atoms with van der Waals surface area (Å²) in [7, 11) is 0. The van der Waals surface area contributed by atoms with Crippen LogP contribution >= 0.6 is 0 Å². The van der Waals surface area contributed by atoms with E-state index in [9.17, 15) is 22.8 Å². The Hall–Kier alpha value is -3.14. The number of aromatic amines is 1. The van der Waals surface area contributed by atoms with Crippen LogP contribution in [0.3, 0.4) is 0 Å². The lowest BCUT2D eigenvalue weighted by atomic mass is 9.94. The molecule has 2 atom stereocenters. The van der Waals surface area contributed by atoms with E-state index in [1.807, 2.05) is 0 Å². The molecule has 1 aliphatic heterocycles. The third kappa shape index (κ3) is 3.92. The van der Waals surface area contributed by atoms with Crippen LogP contribution in [0.1, 0.15) is 29.7 Å². The van der Waals surface area contributed by atoms with Gasteiger partial charge in [-0.05, 0) is 49.9 Å². The second-order valence-electron chi connectivity index (χ2n) is 9.01. The summed E-state index contributed by atoms with van der Waals surface area (Å²) in [5.74, 6) is 0.948. The molecule has 1 aliphatic carbocycles. The second kappa shape index (κ2) is 7.72. The molecule has 0 unspecified atom stereocenters. The SMILES string of the molecule is Cc1oncc1-c1cn(CCCN2C[C@@H]3C[C@]3(c3ccc(C(F)(F)F)cc3)C2)c(=O)[nH]c1=O. The van der Waals surface area contributed by atoms with Gasteiger partial charge in [0.05, 0.1) is 22.9 Å². The van der Waals surface area contributed by atoms with Crippen molar-refractivity contribution in [1.29, 1.82) is 0 Å². The first-order valence-corrected chi connectivity index (χ1v) is 10.8. The van der Waals surface area contributed by atoms with Crippen molar-refractivity contribution < 1.29 is 17.7 Å². The number of H-pyrrole nitrogens is 1. The van der Waals surface area contributed by atoms with Gasteiger partial charge < -0.3 is 9.42 Å². The molecule has 1 aromatic carbocycles. The summed E-state index contributed by atoms with van der Waals surface area (Å²) >= 11 is 0. The van der Waals surface area contributed by atoms with Crippen LogP contribution < -0.4 is 11.2 Å². The van der Waals surface area contributed by atoms with Crippen molar-refractivity contribution >= 4 is 0 Å². The van der Waals surface area contributed by atoms with Gasteiger partial charge in [-0.3, -0.25) is 14.3 Å². The average molecular weight is 460 g/mol. The van der Waals surface area contributed by atoms with Gasteiger partial charge in [-0.2, -0.15) is 13.2 Å². The van der Waals surface area contributed by atoms with Crippen molar-refractivity contribution in [2.75, 3.05) is 19.6 Å². The van der Waals surface area contributed by atoms with Gasteiger partial charge in [0.2, 0.25) is 0 Å². The number of hydrogen-bond acceptors (Lipinski definition) is 5. The maximum absolute atomic E-state index is 12.9. The molecular formula is C23H23F3N4O3. The molecule has 1 N–H and O–H groups in total. The lowest BCUT2D eigenvalue weighted by Crippen LogP contribution is -2.32. The van der Waals surface area contributed by atoms with Crippen LogP contribution in [-0.4, -0.2) is 39.2 Å². The molecule has 1 saturated carbocycles. The Morgan fingerprint density at radius 2 is 1.94 bits per heavy atom. The molecule has 174 valence electrons. The van der Waals surface area contributed by atoms with Crippen LogP contribution in [0.2, 0.25) is 0 Å². The van der Waals surface area contributed by atoms with Gasteiger partial charge in [-0.1, -0.05) is 17.3 Å². The van der Waals surface area contributed by atoms with E-state index >= 15 is 0 Å². The first-order valence-electron chi connectivity index (χ1n) is 10.8. The summed E-state index contributed by atoms with van der Waals surface area (Å²) in [6.07, 6.45) is 0.352. The summed E-state index contributed by atoms with van der Waals surface area (Å²) in [6.45, 7) is 4.58. The number of alkyl halides is 3. The minimum absolute atomic E-state index is 0.0576. The zero-order valence-electron chi connectivity index (χ0n) is 18.0. The van der Waals surface area contributed by atoms with Crippen molar-refractivity contribution in [3.63, 3.8) is 0 Å². The Morgan fingerprint density at radius 1 is 1.18 bits per heavy atom. The average Bonchev–Trinajstić information content (AvgIpc) is 3.09. The van der Waals surface area contributed by atoms with E-state index in [0.717, 1.165) is 31.6 Å². The van der Waals surface area contributed by atoms with E-state index < -0.39 is 23.0 Å². The maximum atomic E-state index is 12.9. The van der Waals surface area contributed by atoms with Gasteiger partial charge in [-0.15, -0.1) is 0 Å². The third-order valence-corrected chi connectivity index (χ3v) is 6.93. The van der Waals surface area contributed by atoms with Gasteiger partial charge in [0, 0.05) is 31.2 Å². The van der Waals surface area contributed by atoms with Gasteiger partial charge >= 0.3 is 11.9 Å². The van der Waals surface area contributed by atoms with E-state index in [1.165, 1.54) is 29.1 Å². The summed E-state index contributed by atoms with van der Waals surface area (Å²) < 4.78 is 45.1. The molecule has 10 heteroatoms. The molecule has 2 aliphatic rings. The second-order valence-corrected chi connectivity index (χ2v) is 9.01. The standard InChI is InChI=1S/C23H23F3N4O3/c1-14-18(10-27-33-14)19-12-30(21(32)28-20(19)31)8-2-7-29-11-17-9-22(17,13-29)15-3-5-16(6-4-15)23(24,25)26/h3-6,10,12,17H,2,7-9,11,13H2,1H3,(H,28,31,32)/t17-,22+/m0/s1. The number of nitrogens with one attached hydrogen (secondary N) is 1. The topological polar surface area (TPSA) is 84.1 Å². The molecule has 0 bridgehead atoms. The minimum atomic E-state index is -4.33. The van der Waals surface area contributed by atoms with Crippen LogP contribution in [0.25, 0.3) is 11.1 Å². The molecule has 0 spiro atoms. The molecular weight excluding hydrogens is 437 g/mol. The first-order chi connectivity index (χ1) is 15.7. The van der Waals surface area contributed by atoms with Crippen LogP contribution in [-0.2, 0) is 18.1 Å². The molecule has 0 radical (unpaired) electrons. The molecule has 2 fully saturated rings. The van der Waals surface area contributed by atoms with E-state index in [2.05, 4.69) is 15.0 Å². The highest BCUT2D eigenvalue weighted by Crippen LogP contribution is 2.59. The highest BCUT2D eigenvalue weighted by atomic mass is 19.4. The zero-order valence-corrected chi connectivity index (χ0v) is 18.0. The highest BCUT2D eigenvalue weighted by molar-refractivity contribution is 5.62. The van der Waals surface area contributed by atoms with Gasteiger partial charge in [0.25, 0.3) is 5.56 Å². The van der Waals surface area contributed by atoms with Crippen molar-refractivity contribution in [2.45, 2.75) is 37.9 Å². The number of piperidine rings is 1. The summed E-state index contributed by atoms with van der Waals surface area (Å²) in [6, 6.07) is 5.56. The molecule has 7 nitrogen and oxygen atoms in total. The van der Waals surface area contributed by atoms with E-state index in [4.69, 9.17) is 4.52 Å². The fourth-order valence-corrected chi connectivity index (χ4v) is 5.08. The highest BCUT2D eigenvalue weighted by Gasteiger charge is 2.60. The Bertz CT molecular complexity index is 1290. The predicted octanol–water partition coefficient (Wildman–Crippen LogP) is 3.18. The van der Waals surface area contributed by atoms with Crippen LogP contribution in [0.15, 0.2) is 50.8 Å². The molecule has 5 rings (SSSR count). The minimum Gasteiger partial charge on any atom is -0.361 e. The zero-order chi connectivity index (χ0) is 23.4. The van der Waals surface area contributed by atoms with Crippen LogP contribution in [0.5, 0.6) is 0 Å². The fourth-order valence-electron chi connectivity index (χ4n) is 5.08. The first kappa shape index (κ1) is 21.7. The van der Waals surface area contributed by atoms with E-state index in [0.29, 0.717) is 35.8 Å². The van der Waals surface area contributed by atoms with Crippen molar-refractivity contribution in [2.24, 2.45) is 5.92 Å². The number of rotatable bonds is 6. The lowest BCUT2D eigenvalue weighted by Gasteiger charge is -2.21. The number of nitrogens with zero attached hydrogens (tertiary/aromatic N) is 3. The van der Waals surface area contributed by atoms with Gasteiger partial charge in [0.1, 0.15) is 5.76 Å². The number of hydrogen-bond donors (Lipinski definition) is 1. The van der Waals surface area contributed by atoms with E-state index in [1.54, 1.807) is 19.1 Å². The fraction of sp³-hybridized carbons (Fsp3) is 0.435. The summed E-state index contributed by atoms with van der Waals surface area (Å²) in [5, 5.41) is 3.69. The largest absolute Gasteiger partial charge is 0.416 e. The van der Waals surface area contributed by atoms with Gasteiger partial charge in [-0.25, -0.2) is 4.79 Å². The quantitative estimate of drug-likeness (QED) is 0.611. The monoisotopic (exact) mass is 460 g/mol. The Morgan fingerprint density at radius 3 is 2.61 bits per heavy atom. The van der Waals surface area contributed by atoms with Crippen molar-refractivity contribution in [3.05, 3.63) is 74.4 Å². The maximum Gasteiger partial charge on any atom is 0.416 e. The Balaban J connectivity index is 1.22. The lowest BCUT2D eigenvalue weighted by molar-refractivity contribution is -0.137. The number of likely N-dealkylation sites (tertiary alicyclic amines) is 1. The number of fused-ring (bicyclic) bond motifs is 1. The smallest absolute Gasteiger partial charge is 0.361 e. The third-order valence-electron chi connectivity index (χ3n) is 6.93. The molecule has 0 amide bonds. The summed E-state index contributed by atoms with van der Waals surface area (Å²) in [4.78, 5) is 29.1.